The van der Waals surface area contributed by atoms with Gasteiger partial charge in [-0.15, -0.1) is 11.3 Å². The highest BCUT2D eigenvalue weighted by atomic mass is 32.1. The Balaban J connectivity index is 1.66. The van der Waals surface area contributed by atoms with Crippen LogP contribution in [0.2, 0.25) is 0 Å². The number of thiazole rings is 1. The van der Waals surface area contributed by atoms with Crippen molar-refractivity contribution < 1.29 is 9.53 Å². The van der Waals surface area contributed by atoms with Gasteiger partial charge in [-0.1, -0.05) is 12.1 Å². The Morgan fingerprint density at radius 1 is 1.25 bits per heavy atom. The SMILES string of the molecule is CNc1nccc(-c2ncc(C(=O)N[C@H](CN)Cc3ccc(OC)cc3)s2)n1. The van der Waals surface area contributed by atoms with E-state index in [1.165, 1.54) is 11.3 Å². The Hall–Kier alpha value is -3.04. The molecule has 0 aliphatic carbocycles. The summed E-state index contributed by atoms with van der Waals surface area (Å²) in [5, 5.41) is 6.52. The first kappa shape index (κ1) is 19.7. The van der Waals surface area contributed by atoms with Gasteiger partial charge in [0, 0.05) is 25.8 Å². The first-order chi connectivity index (χ1) is 13.6. The zero-order valence-electron chi connectivity index (χ0n) is 15.7. The van der Waals surface area contributed by atoms with Crippen molar-refractivity contribution in [2.45, 2.75) is 12.5 Å². The van der Waals surface area contributed by atoms with E-state index in [9.17, 15) is 4.79 Å². The lowest BCUT2D eigenvalue weighted by molar-refractivity contribution is 0.0942. The molecule has 28 heavy (non-hydrogen) atoms. The second-order valence-electron chi connectivity index (χ2n) is 6.00. The van der Waals surface area contributed by atoms with Crippen LogP contribution < -0.4 is 21.1 Å². The number of hydrogen-bond acceptors (Lipinski definition) is 8. The van der Waals surface area contributed by atoms with Crippen LogP contribution in [0.3, 0.4) is 0 Å². The first-order valence-corrected chi connectivity index (χ1v) is 9.55. The minimum Gasteiger partial charge on any atom is -0.497 e. The van der Waals surface area contributed by atoms with E-state index in [2.05, 4.69) is 25.6 Å². The standard InChI is InChI=1S/C19H22N6O2S/c1-21-19-22-8-7-15(25-19)18-23-11-16(28-18)17(26)24-13(10-20)9-12-3-5-14(27-2)6-4-12/h3-8,11,13H,9-10,20H2,1-2H3,(H,24,26)(H,21,22,25)/t13-/m0/s1. The quantitative estimate of drug-likeness (QED) is 0.531. The van der Waals surface area contributed by atoms with Crippen LogP contribution in [0.4, 0.5) is 5.95 Å². The molecule has 0 aliphatic rings. The maximum absolute atomic E-state index is 12.6. The topological polar surface area (TPSA) is 115 Å². The van der Waals surface area contributed by atoms with Gasteiger partial charge in [0.15, 0.2) is 0 Å². The van der Waals surface area contributed by atoms with Crippen molar-refractivity contribution in [3.05, 3.63) is 53.2 Å². The maximum Gasteiger partial charge on any atom is 0.263 e. The van der Waals surface area contributed by atoms with Gasteiger partial charge in [-0.25, -0.2) is 15.0 Å². The number of benzene rings is 1. The fourth-order valence-corrected chi connectivity index (χ4v) is 3.38. The molecule has 4 N–H and O–H groups in total. The summed E-state index contributed by atoms with van der Waals surface area (Å²) in [6.45, 7) is 0.334. The van der Waals surface area contributed by atoms with Gasteiger partial charge in [0.05, 0.1) is 13.3 Å². The van der Waals surface area contributed by atoms with Gasteiger partial charge in [0.2, 0.25) is 5.95 Å². The number of nitrogens with two attached hydrogens (primary N) is 1. The number of nitrogens with zero attached hydrogens (tertiary/aromatic N) is 3. The number of hydrogen-bond donors (Lipinski definition) is 3. The van der Waals surface area contributed by atoms with E-state index >= 15 is 0 Å². The first-order valence-electron chi connectivity index (χ1n) is 8.73. The molecule has 1 aromatic carbocycles. The molecule has 3 aromatic rings. The third kappa shape index (κ3) is 4.81. The molecule has 9 heteroatoms. The molecular formula is C19H22N6O2S. The second kappa shape index (κ2) is 9.25. The predicted octanol–water partition coefficient (Wildman–Crippen LogP) is 1.95. The molecule has 1 amide bonds. The van der Waals surface area contributed by atoms with E-state index in [4.69, 9.17) is 10.5 Å². The lowest BCUT2D eigenvalue weighted by Crippen LogP contribution is -2.41. The number of aromatic nitrogens is 3. The van der Waals surface area contributed by atoms with Gasteiger partial charge >= 0.3 is 0 Å². The van der Waals surface area contributed by atoms with E-state index < -0.39 is 0 Å². The molecule has 2 aromatic heterocycles. The molecule has 0 saturated heterocycles. The summed E-state index contributed by atoms with van der Waals surface area (Å²) < 4.78 is 5.16. The number of methoxy groups -OCH3 is 1. The smallest absolute Gasteiger partial charge is 0.263 e. The molecule has 2 heterocycles. The number of carbonyl (C=O) groups is 1. The normalized spacial score (nSPS) is 11.7. The van der Waals surface area contributed by atoms with Crippen LogP contribution in [0.5, 0.6) is 5.75 Å². The lowest BCUT2D eigenvalue weighted by atomic mass is 10.1. The van der Waals surface area contributed by atoms with Crippen molar-refractivity contribution in [2.75, 3.05) is 26.0 Å². The van der Waals surface area contributed by atoms with Gasteiger partial charge in [-0.2, -0.15) is 0 Å². The summed E-state index contributed by atoms with van der Waals surface area (Å²) >= 11 is 1.28. The van der Waals surface area contributed by atoms with Crippen molar-refractivity contribution in [1.82, 2.24) is 20.3 Å². The molecule has 0 saturated carbocycles. The Morgan fingerprint density at radius 3 is 2.71 bits per heavy atom. The fraction of sp³-hybridized carbons (Fsp3) is 0.263. The number of amides is 1. The third-order valence-electron chi connectivity index (χ3n) is 4.09. The molecule has 0 aliphatic heterocycles. The molecule has 8 nitrogen and oxygen atoms in total. The van der Waals surface area contributed by atoms with E-state index in [-0.39, 0.29) is 11.9 Å². The minimum atomic E-state index is -0.199. The molecule has 0 fully saturated rings. The average molecular weight is 398 g/mol. The van der Waals surface area contributed by atoms with Crippen molar-refractivity contribution in [2.24, 2.45) is 5.73 Å². The monoisotopic (exact) mass is 398 g/mol. The maximum atomic E-state index is 12.6. The summed E-state index contributed by atoms with van der Waals surface area (Å²) in [5.41, 5.74) is 7.59. The Morgan fingerprint density at radius 2 is 2.04 bits per heavy atom. The molecule has 0 radical (unpaired) electrons. The highest BCUT2D eigenvalue weighted by Gasteiger charge is 2.17. The number of rotatable bonds is 8. The number of carbonyl (C=O) groups excluding carboxylic acids is 1. The lowest BCUT2D eigenvalue weighted by Gasteiger charge is -2.16. The highest BCUT2D eigenvalue weighted by molar-refractivity contribution is 7.16. The van der Waals surface area contributed by atoms with Crippen LogP contribution in [-0.2, 0) is 6.42 Å². The molecule has 3 rings (SSSR count). The number of anilines is 1. The molecule has 0 bridgehead atoms. The molecule has 0 unspecified atom stereocenters. The highest BCUT2D eigenvalue weighted by Crippen LogP contribution is 2.24. The van der Waals surface area contributed by atoms with Crippen LogP contribution in [0, 0.1) is 0 Å². The molecule has 1 atom stereocenters. The second-order valence-corrected chi connectivity index (χ2v) is 7.03. The Kier molecular flexibility index (Phi) is 6.51. The summed E-state index contributed by atoms with van der Waals surface area (Å²) in [7, 11) is 3.37. The van der Waals surface area contributed by atoms with Crippen LogP contribution >= 0.6 is 11.3 Å². The molecule has 146 valence electrons. The van der Waals surface area contributed by atoms with Crippen LogP contribution in [-0.4, -0.2) is 47.6 Å². The van der Waals surface area contributed by atoms with Crippen molar-refractivity contribution in [3.63, 3.8) is 0 Å². The molecular weight excluding hydrogens is 376 g/mol. The molecule has 0 spiro atoms. The largest absolute Gasteiger partial charge is 0.497 e. The van der Waals surface area contributed by atoms with Crippen molar-refractivity contribution in [3.8, 4) is 16.5 Å². The van der Waals surface area contributed by atoms with E-state index in [1.54, 1.807) is 32.6 Å². The zero-order valence-corrected chi connectivity index (χ0v) is 16.5. The minimum absolute atomic E-state index is 0.179. The van der Waals surface area contributed by atoms with Gasteiger partial charge in [-0.05, 0) is 30.2 Å². The van der Waals surface area contributed by atoms with Crippen molar-refractivity contribution in [1.29, 1.82) is 0 Å². The van der Waals surface area contributed by atoms with Gasteiger partial charge in [-0.3, -0.25) is 4.79 Å². The summed E-state index contributed by atoms with van der Waals surface area (Å²) in [6.07, 6.45) is 3.83. The summed E-state index contributed by atoms with van der Waals surface area (Å²) in [4.78, 5) is 25.9. The summed E-state index contributed by atoms with van der Waals surface area (Å²) in [6, 6.07) is 9.29. The van der Waals surface area contributed by atoms with E-state index in [0.29, 0.717) is 34.5 Å². The summed E-state index contributed by atoms with van der Waals surface area (Å²) in [5.74, 6) is 1.09. The van der Waals surface area contributed by atoms with Gasteiger partial charge in [0.1, 0.15) is 21.3 Å². The van der Waals surface area contributed by atoms with Gasteiger partial charge in [0.25, 0.3) is 5.91 Å². The van der Waals surface area contributed by atoms with Gasteiger partial charge < -0.3 is 21.1 Å². The van der Waals surface area contributed by atoms with E-state index in [1.807, 2.05) is 24.3 Å². The van der Waals surface area contributed by atoms with Crippen molar-refractivity contribution >= 4 is 23.2 Å². The number of ether oxygens (including phenoxy) is 1. The zero-order chi connectivity index (χ0) is 19.9. The third-order valence-corrected chi connectivity index (χ3v) is 5.11. The van der Waals surface area contributed by atoms with E-state index in [0.717, 1.165) is 11.3 Å². The van der Waals surface area contributed by atoms with Crippen LogP contribution in [0.15, 0.2) is 42.7 Å². The Bertz CT molecular complexity index is 928. The fourth-order valence-electron chi connectivity index (χ4n) is 2.59. The van der Waals surface area contributed by atoms with Crippen LogP contribution in [0.1, 0.15) is 15.2 Å². The average Bonchev–Trinajstić information content (AvgIpc) is 3.24. The predicted molar refractivity (Wildman–Crippen MR) is 110 cm³/mol. The Labute approximate surface area is 167 Å². The van der Waals surface area contributed by atoms with Crippen LogP contribution in [0.25, 0.3) is 10.7 Å². The number of nitrogens with one attached hydrogen (secondary N) is 2.